The summed E-state index contributed by atoms with van der Waals surface area (Å²) >= 11 is 0. The van der Waals surface area contributed by atoms with Crippen molar-refractivity contribution < 1.29 is 14.4 Å². The lowest BCUT2D eigenvalue weighted by atomic mass is 10.1. The molecule has 2 aliphatic heterocycles. The summed E-state index contributed by atoms with van der Waals surface area (Å²) in [6.45, 7) is 8.54. The van der Waals surface area contributed by atoms with Gasteiger partial charge < -0.3 is 15.5 Å². The van der Waals surface area contributed by atoms with E-state index in [9.17, 15) is 14.4 Å². The van der Waals surface area contributed by atoms with Crippen molar-refractivity contribution in [3.63, 3.8) is 0 Å². The molecule has 0 unspecified atom stereocenters. The van der Waals surface area contributed by atoms with E-state index >= 15 is 0 Å². The molecule has 8 heteroatoms. The number of nitrogens with one attached hydrogen (secondary N) is 2. The summed E-state index contributed by atoms with van der Waals surface area (Å²) < 4.78 is 0. The smallest absolute Gasteiger partial charge is 0.325 e. The number of rotatable bonds is 8. The molecule has 2 aromatic carbocycles. The first-order chi connectivity index (χ1) is 16.3. The molecule has 0 spiro atoms. The summed E-state index contributed by atoms with van der Waals surface area (Å²) in [6.07, 6.45) is 0.662. The Labute approximate surface area is 200 Å². The highest BCUT2D eigenvalue weighted by Crippen LogP contribution is 2.21. The number of carbonyl (C=O) groups excluding carboxylic acids is 3. The lowest BCUT2D eigenvalue weighted by molar-refractivity contribution is -0.130. The number of piperazine rings is 1. The number of anilines is 2. The molecule has 2 heterocycles. The molecule has 0 radical (unpaired) electrons. The Kier molecular flexibility index (Phi) is 7.17. The van der Waals surface area contributed by atoms with Crippen LogP contribution >= 0.6 is 0 Å². The first-order valence-corrected chi connectivity index (χ1v) is 11.9. The minimum atomic E-state index is -0.879. The number of hydrogen-bond acceptors (Lipinski definition) is 5. The highest BCUT2D eigenvalue weighted by atomic mass is 16.2. The molecule has 0 atom stereocenters. The van der Waals surface area contributed by atoms with E-state index in [0.717, 1.165) is 44.1 Å². The van der Waals surface area contributed by atoms with Crippen molar-refractivity contribution in [3.05, 3.63) is 60.2 Å². The van der Waals surface area contributed by atoms with Crippen LogP contribution in [0.25, 0.3) is 0 Å². The standard InChI is InChI=1S/C26H33N5O3/c1-26(2)24(33)31(25(34)28-26)14-6-9-23(32)27-21-10-12-22(13-11-21)30-17-15-29(16-18-30)19-20-7-4-3-5-8-20/h3-5,7-8,10-13H,6,9,14-19H2,1-2H3,(H,27,32)(H,28,34). The molecule has 4 amide bonds. The minimum Gasteiger partial charge on any atom is -0.369 e. The van der Waals surface area contributed by atoms with Gasteiger partial charge in [0, 0.05) is 57.1 Å². The zero-order valence-corrected chi connectivity index (χ0v) is 19.9. The first-order valence-electron chi connectivity index (χ1n) is 11.9. The summed E-state index contributed by atoms with van der Waals surface area (Å²) in [5.41, 5.74) is 2.36. The fourth-order valence-electron chi connectivity index (χ4n) is 4.40. The predicted molar refractivity (Wildman–Crippen MR) is 133 cm³/mol. The summed E-state index contributed by atoms with van der Waals surface area (Å²) in [7, 11) is 0. The van der Waals surface area contributed by atoms with Crippen molar-refractivity contribution in [1.82, 2.24) is 15.1 Å². The molecule has 0 aliphatic carbocycles. The maximum Gasteiger partial charge on any atom is 0.325 e. The Hall–Kier alpha value is -3.39. The number of benzene rings is 2. The van der Waals surface area contributed by atoms with Gasteiger partial charge in [-0.15, -0.1) is 0 Å². The Morgan fingerprint density at radius 3 is 2.26 bits per heavy atom. The van der Waals surface area contributed by atoms with E-state index < -0.39 is 11.6 Å². The molecule has 2 aromatic rings. The van der Waals surface area contributed by atoms with Gasteiger partial charge in [-0.2, -0.15) is 0 Å². The van der Waals surface area contributed by atoms with E-state index in [-0.39, 0.29) is 24.8 Å². The summed E-state index contributed by atoms with van der Waals surface area (Å²) in [6, 6.07) is 18.1. The number of imide groups is 1. The third kappa shape index (κ3) is 5.75. The second kappa shape index (κ2) is 10.3. The van der Waals surface area contributed by atoms with E-state index in [1.807, 2.05) is 30.3 Å². The topological polar surface area (TPSA) is 85.0 Å². The zero-order chi connectivity index (χ0) is 24.1. The molecule has 2 fully saturated rings. The molecule has 2 aliphatic rings. The van der Waals surface area contributed by atoms with Crippen molar-refractivity contribution in [2.45, 2.75) is 38.8 Å². The number of urea groups is 1. The maximum atomic E-state index is 12.3. The first kappa shape index (κ1) is 23.8. The fraction of sp³-hybridized carbons (Fsp3) is 0.423. The normalized spacial score (nSPS) is 18.2. The van der Waals surface area contributed by atoms with Gasteiger partial charge in [0.25, 0.3) is 5.91 Å². The summed E-state index contributed by atoms with van der Waals surface area (Å²) in [5.74, 6) is -0.386. The van der Waals surface area contributed by atoms with Crippen molar-refractivity contribution in [3.8, 4) is 0 Å². The Bertz CT molecular complexity index is 1010. The van der Waals surface area contributed by atoms with Crippen molar-refractivity contribution >= 4 is 29.2 Å². The van der Waals surface area contributed by atoms with Gasteiger partial charge in [0.05, 0.1) is 0 Å². The third-order valence-electron chi connectivity index (χ3n) is 6.37. The van der Waals surface area contributed by atoms with Gasteiger partial charge in [-0.3, -0.25) is 19.4 Å². The van der Waals surface area contributed by atoms with Crippen LogP contribution in [0.3, 0.4) is 0 Å². The summed E-state index contributed by atoms with van der Waals surface area (Å²) in [5, 5.41) is 5.55. The van der Waals surface area contributed by atoms with Crippen molar-refractivity contribution in [1.29, 1.82) is 0 Å². The second-order valence-corrected chi connectivity index (χ2v) is 9.46. The highest BCUT2D eigenvalue weighted by Gasteiger charge is 2.43. The van der Waals surface area contributed by atoms with Crippen LogP contribution in [0.15, 0.2) is 54.6 Å². The molecule has 2 N–H and O–H groups in total. The van der Waals surface area contributed by atoms with E-state index in [0.29, 0.717) is 6.42 Å². The minimum absolute atomic E-state index is 0.131. The lowest BCUT2D eigenvalue weighted by Crippen LogP contribution is -2.45. The maximum absolute atomic E-state index is 12.3. The van der Waals surface area contributed by atoms with Gasteiger partial charge in [-0.1, -0.05) is 30.3 Å². The van der Waals surface area contributed by atoms with Crippen LogP contribution in [-0.2, 0) is 16.1 Å². The van der Waals surface area contributed by atoms with Crippen LogP contribution in [0, 0.1) is 0 Å². The number of hydrogen-bond donors (Lipinski definition) is 2. The molecular weight excluding hydrogens is 430 g/mol. The van der Waals surface area contributed by atoms with Crippen LogP contribution in [0.4, 0.5) is 16.2 Å². The second-order valence-electron chi connectivity index (χ2n) is 9.46. The fourth-order valence-corrected chi connectivity index (χ4v) is 4.40. The predicted octanol–water partition coefficient (Wildman–Crippen LogP) is 3.06. The van der Waals surface area contributed by atoms with Gasteiger partial charge in [0.1, 0.15) is 5.54 Å². The molecule has 34 heavy (non-hydrogen) atoms. The van der Waals surface area contributed by atoms with E-state index in [1.165, 1.54) is 10.5 Å². The van der Waals surface area contributed by atoms with Crippen molar-refractivity contribution in [2.75, 3.05) is 42.9 Å². The van der Waals surface area contributed by atoms with Gasteiger partial charge >= 0.3 is 6.03 Å². The molecule has 0 aromatic heterocycles. The van der Waals surface area contributed by atoms with Crippen LogP contribution in [0.5, 0.6) is 0 Å². The van der Waals surface area contributed by atoms with Crippen LogP contribution in [-0.4, -0.2) is 65.9 Å². The average molecular weight is 464 g/mol. The molecule has 0 bridgehead atoms. The number of carbonyl (C=O) groups is 3. The Balaban J connectivity index is 1.19. The molecule has 180 valence electrons. The van der Waals surface area contributed by atoms with E-state index in [4.69, 9.17) is 0 Å². The van der Waals surface area contributed by atoms with Crippen molar-refractivity contribution in [2.24, 2.45) is 0 Å². The van der Waals surface area contributed by atoms with Crippen LogP contribution in [0.2, 0.25) is 0 Å². The number of nitrogens with zero attached hydrogens (tertiary/aromatic N) is 3. The quantitative estimate of drug-likeness (QED) is 0.588. The van der Waals surface area contributed by atoms with Crippen LogP contribution in [0.1, 0.15) is 32.3 Å². The van der Waals surface area contributed by atoms with E-state index in [1.54, 1.807) is 13.8 Å². The Morgan fingerprint density at radius 1 is 0.971 bits per heavy atom. The molecule has 4 rings (SSSR count). The molecular formula is C26H33N5O3. The molecule has 0 saturated carbocycles. The van der Waals surface area contributed by atoms with Gasteiger partial charge in [0.15, 0.2) is 0 Å². The van der Waals surface area contributed by atoms with Gasteiger partial charge in [-0.25, -0.2) is 4.79 Å². The highest BCUT2D eigenvalue weighted by molar-refractivity contribution is 6.06. The zero-order valence-electron chi connectivity index (χ0n) is 19.9. The summed E-state index contributed by atoms with van der Waals surface area (Å²) in [4.78, 5) is 42.5. The SMILES string of the molecule is CC1(C)NC(=O)N(CCCC(=O)Nc2ccc(N3CCN(Cc4ccccc4)CC3)cc2)C1=O. The lowest BCUT2D eigenvalue weighted by Gasteiger charge is -2.36. The number of amides is 4. The molecule has 2 saturated heterocycles. The third-order valence-corrected chi connectivity index (χ3v) is 6.37. The Morgan fingerprint density at radius 2 is 1.65 bits per heavy atom. The van der Waals surface area contributed by atoms with Crippen LogP contribution < -0.4 is 15.5 Å². The monoisotopic (exact) mass is 463 g/mol. The average Bonchev–Trinajstić information content (AvgIpc) is 3.02. The van der Waals surface area contributed by atoms with Gasteiger partial charge in [0.2, 0.25) is 5.91 Å². The van der Waals surface area contributed by atoms with Gasteiger partial charge in [-0.05, 0) is 50.1 Å². The largest absolute Gasteiger partial charge is 0.369 e. The molecule has 8 nitrogen and oxygen atoms in total. The van der Waals surface area contributed by atoms with E-state index in [2.05, 4.69) is 44.7 Å².